The van der Waals surface area contributed by atoms with Gasteiger partial charge in [-0.1, -0.05) is 25.3 Å². The van der Waals surface area contributed by atoms with Crippen molar-refractivity contribution >= 4 is 5.97 Å². The fraction of sp³-hybridized carbons (Fsp3) is 0.769. The molecule has 1 saturated carbocycles. The van der Waals surface area contributed by atoms with Crippen LogP contribution < -0.4 is 5.32 Å². The standard InChI is InChI=1S/C13H23NO2/c1-4-10-14-13(2,12(15)16-3)11-8-6-5-7-9-11/h4,11,14H,1,5-10H2,2-3H3. The molecule has 1 unspecified atom stereocenters. The van der Waals surface area contributed by atoms with Gasteiger partial charge in [0.2, 0.25) is 0 Å². The highest BCUT2D eigenvalue weighted by Gasteiger charge is 2.41. The summed E-state index contributed by atoms with van der Waals surface area (Å²) >= 11 is 0. The van der Waals surface area contributed by atoms with E-state index in [1.165, 1.54) is 26.4 Å². The quantitative estimate of drug-likeness (QED) is 0.576. The predicted molar refractivity (Wildman–Crippen MR) is 65.2 cm³/mol. The molecule has 0 aromatic rings. The van der Waals surface area contributed by atoms with Crippen LogP contribution in [0.1, 0.15) is 39.0 Å². The Hall–Kier alpha value is -0.830. The third-order valence-electron chi connectivity index (χ3n) is 3.64. The molecule has 0 heterocycles. The summed E-state index contributed by atoms with van der Waals surface area (Å²) in [7, 11) is 1.46. The van der Waals surface area contributed by atoms with Crippen LogP contribution in [0.3, 0.4) is 0 Å². The summed E-state index contributed by atoms with van der Waals surface area (Å²) in [5.74, 6) is 0.231. The van der Waals surface area contributed by atoms with Gasteiger partial charge in [0.1, 0.15) is 5.54 Å². The first-order valence-electron chi connectivity index (χ1n) is 6.09. The highest BCUT2D eigenvalue weighted by atomic mass is 16.5. The van der Waals surface area contributed by atoms with Crippen molar-refractivity contribution in [2.75, 3.05) is 13.7 Å². The molecule has 0 aromatic carbocycles. The van der Waals surface area contributed by atoms with Crippen molar-refractivity contribution in [1.29, 1.82) is 0 Å². The molecule has 0 saturated heterocycles. The smallest absolute Gasteiger partial charge is 0.326 e. The lowest BCUT2D eigenvalue weighted by Crippen LogP contribution is -2.56. The van der Waals surface area contributed by atoms with Crippen molar-refractivity contribution in [2.45, 2.75) is 44.6 Å². The summed E-state index contributed by atoms with van der Waals surface area (Å²) in [6.45, 7) is 6.28. The lowest BCUT2D eigenvalue weighted by molar-refractivity contribution is -0.151. The number of rotatable bonds is 5. The van der Waals surface area contributed by atoms with Gasteiger partial charge in [-0.15, -0.1) is 6.58 Å². The largest absolute Gasteiger partial charge is 0.468 e. The first-order valence-corrected chi connectivity index (χ1v) is 6.09. The Kier molecular flexibility index (Phi) is 5.00. The fourth-order valence-electron chi connectivity index (χ4n) is 2.56. The second kappa shape index (κ2) is 6.04. The van der Waals surface area contributed by atoms with Crippen molar-refractivity contribution in [3.05, 3.63) is 12.7 Å². The highest BCUT2D eigenvalue weighted by Crippen LogP contribution is 2.33. The zero-order valence-corrected chi connectivity index (χ0v) is 10.4. The van der Waals surface area contributed by atoms with Crippen LogP contribution in [0.4, 0.5) is 0 Å². The van der Waals surface area contributed by atoms with Crippen LogP contribution in [0.5, 0.6) is 0 Å². The molecule has 1 aliphatic rings. The van der Waals surface area contributed by atoms with Crippen LogP contribution in [0, 0.1) is 5.92 Å². The van der Waals surface area contributed by atoms with E-state index in [2.05, 4.69) is 11.9 Å². The van der Waals surface area contributed by atoms with Crippen molar-refractivity contribution < 1.29 is 9.53 Å². The number of hydrogen-bond donors (Lipinski definition) is 1. The number of hydrogen-bond acceptors (Lipinski definition) is 3. The minimum Gasteiger partial charge on any atom is -0.468 e. The molecule has 3 heteroatoms. The van der Waals surface area contributed by atoms with Gasteiger partial charge in [-0.2, -0.15) is 0 Å². The number of ether oxygens (including phenoxy) is 1. The van der Waals surface area contributed by atoms with Crippen LogP contribution in [0.15, 0.2) is 12.7 Å². The average Bonchev–Trinajstić information content (AvgIpc) is 2.36. The molecule has 92 valence electrons. The van der Waals surface area contributed by atoms with Gasteiger partial charge < -0.3 is 4.74 Å². The second-order valence-corrected chi connectivity index (χ2v) is 4.70. The average molecular weight is 225 g/mol. The number of methoxy groups -OCH3 is 1. The fourth-order valence-corrected chi connectivity index (χ4v) is 2.56. The molecule has 16 heavy (non-hydrogen) atoms. The first kappa shape index (κ1) is 13.2. The molecule has 0 aromatic heterocycles. The van der Waals surface area contributed by atoms with Gasteiger partial charge >= 0.3 is 5.97 Å². The maximum absolute atomic E-state index is 11.9. The van der Waals surface area contributed by atoms with Crippen molar-refractivity contribution in [2.24, 2.45) is 5.92 Å². The normalized spacial score (nSPS) is 21.1. The monoisotopic (exact) mass is 225 g/mol. The van der Waals surface area contributed by atoms with E-state index in [0.717, 1.165) is 12.8 Å². The molecular weight excluding hydrogens is 202 g/mol. The molecule has 3 nitrogen and oxygen atoms in total. The van der Waals surface area contributed by atoms with Gasteiger partial charge in [-0.3, -0.25) is 10.1 Å². The minimum absolute atomic E-state index is 0.152. The van der Waals surface area contributed by atoms with E-state index in [4.69, 9.17) is 4.74 Å². The zero-order chi connectivity index (χ0) is 12.0. The van der Waals surface area contributed by atoms with E-state index < -0.39 is 5.54 Å². The summed E-state index contributed by atoms with van der Waals surface area (Å²) in [5, 5.41) is 3.27. The van der Waals surface area contributed by atoms with Gasteiger partial charge in [0.25, 0.3) is 0 Å². The number of carbonyl (C=O) groups is 1. The van der Waals surface area contributed by atoms with Gasteiger partial charge in [-0.25, -0.2) is 0 Å². The van der Waals surface area contributed by atoms with Gasteiger partial charge in [0, 0.05) is 6.54 Å². The van der Waals surface area contributed by atoms with Crippen LogP contribution in [-0.4, -0.2) is 25.2 Å². The lowest BCUT2D eigenvalue weighted by Gasteiger charge is -2.38. The van der Waals surface area contributed by atoms with Gasteiger partial charge in [0.05, 0.1) is 7.11 Å². The Morgan fingerprint density at radius 1 is 1.50 bits per heavy atom. The summed E-state index contributed by atoms with van der Waals surface area (Å²) < 4.78 is 4.93. The van der Waals surface area contributed by atoms with Gasteiger partial charge in [-0.05, 0) is 25.7 Å². The minimum atomic E-state index is -0.552. The Morgan fingerprint density at radius 2 is 2.12 bits per heavy atom. The van der Waals surface area contributed by atoms with E-state index in [1.54, 1.807) is 6.08 Å². The first-order chi connectivity index (χ1) is 7.65. The van der Waals surface area contributed by atoms with E-state index in [0.29, 0.717) is 12.5 Å². The summed E-state index contributed by atoms with van der Waals surface area (Å²) in [5.41, 5.74) is -0.552. The van der Waals surface area contributed by atoms with E-state index in [-0.39, 0.29) is 5.97 Å². The molecule has 0 amide bonds. The van der Waals surface area contributed by atoms with Crippen LogP contribution >= 0.6 is 0 Å². The van der Waals surface area contributed by atoms with Crippen molar-refractivity contribution in [1.82, 2.24) is 5.32 Å². The molecule has 1 N–H and O–H groups in total. The third-order valence-corrected chi connectivity index (χ3v) is 3.64. The molecule has 0 aliphatic heterocycles. The molecule has 1 rings (SSSR count). The van der Waals surface area contributed by atoms with E-state index in [9.17, 15) is 4.79 Å². The third kappa shape index (κ3) is 2.85. The molecule has 1 fully saturated rings. The van der Waals surface area contributed by atoms with Crippen molar-refractivity contribution in [3.63, 3.8) is 0 Å². The molecule has 0 spiro atoms. The van der Waals surface area contributed by atoms with Gasteiger partial charge in [0.15, 0.2) is 0 Å². The number of esters is 1. The Balaban J connectivity index is 2.74. The summed E-state index contributed by atoms with van der Waals surface area (Å²) in [4.78, 5) is 11.9. The lowest BCUT2D eigenvalue weighted by atomic mass is 9.75. The second-order valence-electron chi connectivity index (χ2n) is 4.70. The Morgan fingerprint density at radius 3 is 2.62 bits per heavy atom. The Bertz CT molecular complexity index is 246. The summed E-state index contributed by atoms with van der Waals surface area (Å²) in [6, 6.07) is 0. The highest BCUT2D eigenvalue weighted by molar-refractivity contribution is 5.80. The van der Waals surface area contributed by atoms with Crippen LogP contribution in [-0.2, 0) is 9.53 Å². The van der Waals surface area contributed by atoms with Crippen LogP contribution in [0.2, 0.25) is 0 Å². The topological polar surface area (TPSA) is 38.3 Å². The molecule has 0 radical (unpaired) electrons. The maximum Gasteiger partial charge on any atom is 0.326 e. The van der Waals surface area contributed by atoms with E-state index >= 15 is 0 Å². The van der Waals surface area contributed by atoms with E-state index in [1.807, 2.05) is 6.92 Å². The molecule has 0 bridgehead atoms. The number of nitrogens with one attached hydrogen (secondary N) is 1. The molecule has 1 aliphatic carbocycles. The van der Waals surface area contributed by atoms with Crippen LogP contribution in [0.25, 0.3) is 0 Å². The van der Waals surface area contributed by atoms with Crippen molar-refractivity contribution in [3.8, 4) is 0 Å². The summed E-state index contributed by atoms with van der Waals surface area (Å²) in [6.07, 6.45) is 7.71. The SMILES string of the molecule is C=CCNC(C)(C(=O)OC)C1CCCCC1. The molecular formula is C13H23NO2. The predicted octanol–water partition coefficient (Wildman–Crippen LogP) is 2.27. The Labute approximate surface area is 98.2 Å². The number of carbonyl (C=O) groups excluding carboxylic acids is 1. The molecule has 1 atom stereocenters. The zero-order valence-electron chi connectivity index (χ0n) is 10.4. The maximum atomic E-state index is 11.9.